The van der Waals surface area contributed by atoms with Crippen molar-refractivity contribution < 1.29 is 4.79 Å². The van der Waals surface area contributed by atoms with Crippen LogP contribution in [-0.4, -0.2) is 31.0 Å². The van der Waals surface area contributed by atoms with E-state index in [-0.39, 0.29) is 11.3 Å². The number of carbonyl (C=O) groups excluding carboxylic acids is 1. The van der Waals surface area contributed by atoms with Gasteiger partial charge in [-0.25, -0.2) is 0 Å². The quantitative estimate of drug-likeness (QED) is 0.612. The van der Waals surface area contributed by atoms with Crippen LogP contribution in [0.25, 0.3) is 0 Å². The van der Waals surface area contributed by atoms with Gasteiger partial charge in [0, 0.05) is 13.0 Å². The maximum atomic E-state index is 11.5. The van der Waals surface area contributed by atoms with Crippen LogP contribution in [0.3, 0.4) is 0 Å². The van der Waals surface area contributed by atoms with Crippen LogP contribution in [0, 0.1) is 5.41 Å². The SMILES string of the molecule is CSCCCNC(=O)CCC(C)(C)CCN. The molecule has 0 unspecified atom stereocenters. The highest BCUT2D eigenvalue weighted by Gasteiger charge is 2.17. The molecule has 3 nitrogen and oxygen atoms in total. The maximum absolute atomic E-state index is 11.5. The summed E-state index contributed by atoms with van der Waals surface area (Å²) in [5, 5.41) is 2.95. The van der Waals surface area contributed by atoms with Gasteiger partial charge in [-0.2, -0.15) is 11.8 Å². The Morgan fingerprint density at radius 1 is 1.38 bits per heavy atom. The van der Waals surface area contributed by atoms with Crippen LogP contribution in [0.2, 0.25) is 0 Å². The summed E-state index contributed by atoms with van der Waals surface area (Å²) in [6, 6.07) is 0. The number of nitrogens with one attached hydrogen (secondary N) is 1. The van der Waals surface area contributed by atoms with E-state index in [9.17, 15) is 4.79 Å². The van der Waals surface area contributed by atoms with E-state index in [1.807, 2.05) is 11.8 Å². The second-order valence-electron chi connectivity index (χ2n) is 4.90. The molecule has 0 aliphatic carbocycles. The Hall–Kier alpha value is -0.220. The Labute approximate surface area is 104 Å². The minimum absolute atomic E-state index is 0.172. The van der Waals surface area contributed by atoms with Gasteiger partial charge in [0.2, 0.25) is 5.91 Å². The standard InChI is InChI=1S/C12H26N2OS/c1-12(2,7-8-13)6-5-11(15)14-9-4-10-16-3/h4-10,13H2,1-3H3,(H,14,15). The second kappa shape index (κ2) is 8.88. The Morgan fingerprint density at radius 2 is 2.06 bits per heavy atom. The third-order valence-electron chi connectivity index (χ3n) is 2.70. The third-order valence-corrected chi connectivity index (χ3v) is 3.39. The highest BCUT2D eigenvalue weighted by molar-refractivity contribution is 7.98. The zero-order valence-corrected chi connectivity index (χ0v) is 11.7. The summed E-state index contributed by atoms with van der Waals surface area (Å²) in [6.45, 7) is 5.83. The zero-order valence-electron chi connectivity index (χ0n) is 10.8. The van der Waals surface area contributed by atoms with E-state index >= 15 is 0 Å². The van der Waals surface area contributed by atoms with Crippen LogP contribution < -0.4 is 11.1 Å². The van der Waals surface area contributed by atoms with Gasteiger partial charge in [-0.05, 0) is 43.2 Å². The highest BCUT2D eigenvalue weighted by Crippen LogP contribution is 2.25. The van der Waals surface area contributed by atoms with Gasteiger partial charge in [0.1, 0.15) is 0 Å². The molecule has 0 saturated heterocycles. The average Bonchev–Trinajstić information content (AvgIpc) is 2.22. The average molecular weight is 246 g/mol. The lowest BCUT2D eigenvalue weighted by atomic mass is 9.84. The molecule has 0 saturated carbocycles. The fraction of sp³-hybridized carbons (Fsp3) is 0.917. The second-order valence-corrected chi connectivity index (χ2v) is 5.88. The van der Waals surface area contributed by atoms with Crippen LogP contribution in [0.5, 0.6) is 0 Å². The van der Waals surface area contributed by atoms with E-state index in [2.05, 4.69) is 25.4 Å². The molecule has 0 aromatic heterocycles. The van der Waals surface area contributed by atoms with Gasteiger partial charge in [0.25, 0.3) is 0 Å². The molecule has 0 atom stereocenters. The first-order chi connectivity index (χ1) is 7.52. The van der Waals surface area contributed by atoms with Crippen molar-refractivity contribution in [3.8, 4) is 0 Å². The maximum Gasteiger partial charge on any atom is 0.220 e. The van der Waals surface area contributed by atoms with Crippen LogP contribution in [0.4, 0.5) is 0 Å². The van der Waals surface area contributed by atoms with Gasteiger partial charge in [-0.15, -0.1) is 0 Å². The summed E-state index contributed by atoms with van der Waals surface area (Å²) >= 11 is 1.81. The third kappa shape index (κ3) is 9.04. The van der Waals surface area contributed by atoms with Gasteiger partial charge >= 0.3 is 0 Å². The van der Waals surface area contributed by atoms with Gasteiger partial charge in [-0.1, -0.05) is 13.8 Å². The van der Waals surface area contributed by atoms with E-state index < -0.39 is 0 Å². The molecule has 0 spiro atoms. The number of rotatable bonds is 9. The Morgan fingerprint density at radius 3 is 2.62 bits per heavy atom. The molecular formula is C12H26N2OS. The summed E-state index contributed by atoms with van der Waals surface area (Å²) in [6.07, 6.45) is 5.65. The van der Waals surface area contributed by atoms with Crippen molar-refractivity contribution in [2.75, 3.05) is 25.1 Å². The van der Waals surface area contributed by atoms with Gasteiger partial charge in [-0.3, -0.25) is 4.79 Å². The molecular weight excluding hydrogens is 220 g/mol. The Bertz CT molecular complexity index is 195. The molecule has 16 heavy (non-hydrogen) atoms. The van der Waals surface area contributed by atoms with E-state index in [0.29, 0.717) is 13.0 Å². The van der Waals surface area contributed by atoms with Crippen molar-refractivity contribution in [2.45, 2.75) is 39.5 Å². The summed E-state index contributed by atoms with van der Waals surface area (Å²) in [5.41, 5.74) is 5.72. The molecule has 0 aromatic rings. The lowest BCUT2D eigenvalue weighted by Crippen LogP contribution is -2.27. The molecule has 0 rings (SSSR count). The molecule has 96 valence electrons. The smallest absolute Gasteiger partial charge is 0.220 e. The van der Waals surface area contributed by atoms with Gasteiger partial charge in [0.05, 0.1) is 0 Å². The number of amides is 1. The first kappa shape index (κ1) is 15.8. The molecule has 0 aliphatic rings. The van der Waals surface area contributed by atoms with Gasteiger partial charge < -0.3 is 11.1 Å². The fourth-order valence-corrected chi connectivity index (χ4v) is 1.93. The van der Waals surface area contributed by atoms with E-state index in [1.165, 1.54) is 0 Å². The predicted molar refractivity (Wildman–Crippen MR) is 72.7 cm³/mol. The zero-order chi connectivity index (χ0) is 12.4. The van der Waals surface area contributed by atoms with Crippen molar-refractivity contribution in [1.29, 1.82) is 0 Å². The number of carbonyl (C=O) groups is 1. The summed E-state index contributed by atoms with van der Waals surface area (Å²) in [5.74, 6) is 1.28. The van der Waals surface area contributed by atoms with Crippen LogP contribution >= 0.6 is 11.8 Å². The van der Waals surface area contributed by atoms with Crippen molar-refractivity contribution in [3.63, 3.8) is 0 Å². The molecule has 0 aromatic carbocycles. The highest BCUT2D eigenvalue weighted by atomic mass is 32.2. The summed E-state index contributed by atoms with van der Waals surface area (Å²) in [4.78, 5) is 11.5. The normalized spacial score (nSPS) is 11.5. The topological polar surface area (TPSA) is 55.1 Å². The Balaban J connectivity index is 3.56. The van der Waals surface area contributed by atoms with E-state index in [1.54, 1.807) is 0 Å². The molecule has 4 heteroatoms. The number of nitrogens with two attached hydrogens (primary N) is 1. The molecule has 0 radical (unpaired) electrons. The number of hydrogen-bond acceptors (Lipinski definition) is 3. The number of hydrogen-bond donors (Lipinski definition) is 2. The monoisotopic (exact) mass is 246 g/mol. The number of thioether (sulfide) groups is 1. The fourth-order valence-electron chi connectivity index (χ4n) is 1.50. The van der Waals surface area contributed by atoms with Crippen molar-refractivity contribution in [1.82, 2.24) is 5.32 Å². The van der Waals surface area contributed by atoms with Crippen molar-refractivity contribution >= 4 is 17.7 Å². The van der Waals surface area contributed by atoms with Gasteiger partial charge in [0.15, 0.2) is 0 Å². The molecule has 0 bridgehead atoms. The lowest BCUT2D eigenvalue weighted by molar-refractivity contribution is -0.121. The van der Waals surface area contributed by atoms with Crippen molar-refractivity contribution in [3.05, 3.63) is 0 Å². The van der Waals surface area contributed by atoms with Crippen LogP contribution in [-0.2, 0) is 4.79 Å². The summed E-state index contributed by atoms with van der Waals surface area (Å²) < 4.78 is 0. The minimum Gasteiger partial charge on any atom is -0.356 e. The first-order valence-electron chi connectivity index (χ1n) is 5.97. The van der Waals surface area contributed by atoms with E-state index in [0.717, 1.165) is 31.6 Å². The lowest BCUT2D eigenvalue weighted by Gasteiger charge is -2.23. The molecule has 0 fully saturated rings. The predicted octanol–water partition coefficient (Wildman–Crippen LogP) is 2.01. The molecule has 0 heterocycles. The molecule has 3 N–H and O–H groups in total. The first-order valence-corrected chi connectivity index (χ1v) is 7.37. The van der Waals surface area contributed by atoms with Crippen LogP contribution in [0.1, 0.15) is 39.5 Å². The largest absolute Gasteiger partial charge is 0.356 e. The Kier molecular flexibility index (Phi) is 8.76. The minimum atomic E-state index is 0.172. The molecule has 1 amide bonds. The summed E-state index contributed by atoms with van der Waals surface area (Å²) in [7, 11) is 0. The van der Waals surface area contributed by atoms with Crippen LogP contribution in [0.15, 0.2) is 0 Å². The van der Waals surface area contributed by atoms with Crippen molar-refractivity contribution in [2.24, 2.45) is 11.1 Å². The van der Waals surface area contributed by atoms with E-state index in [4.69, 9.17) is 5.73 Å². The molecule has 0 aliphatic heterocycles.